The summed E-state index contributed by atoms with van der Waals surface area (Å²) >= 11 is 0. The standard InChI is InChI=1S/C12H10N6/c13-6-9-10(8-4-2-1-3-5-8)17-12-15-7-16-18(12)11(9)14/h1-5,7,10H,14H2,(H,15,16,17). The normalized spacial score (nSPS) is 17.8. The quantitative estimate of drug-likeness (QED) is 0.776. The van der Waals surface area contributed by atoms with Gasteiger partial charge in [-0.25, -0.2) is 0 Å². The Labute approximate surface area is 103 Å². The summed E-state index contributed by atoms with van der Waals surface area (Å²) in [7, 11) is 0. The van der Waals surface area contributed by atoms with Crippen LogP contribution in [0.1, 0.15) is 11.6 Å². The average Bonchev–Trinajstić information content (AvgIpc) is 2.88. The van der Waals surface area contributed by atoms with Crippen molar-refractivity contribution < 1.29 is 0 Å². The molecule has 0 radical (unpaired) electrons. The van der Waals surface area contributed by atoms with Crippen LogP contribution in [0.4, 0.5) is 5.95 Å². The van der Waals surface area contributed by atoms with Gasteiger partial charge in [0.05, 0.1) is 11.6 Å². The summed E-state index contributed by atoms with van der Waals surface area (Å²) in [5.74, 6) is 0.859. The maximum atomic E-state index is 9.27. The SMILES string of the molecule is N#CC1=C(N)n2ncnc2NC1c1ccccc1. The number of anilines is 1. The molecule has 1 unspecified atom stereocenters. The number of benzene rings is 1. The molecule has 6 nitrogen and oxygen atoms in total. The molecule has 3 rings (SSSR count). The molecule has 2 heterocycles. The van der Waals surface area contributed by atoms with Crippen LogP contribution in [0.15, 0.2) is 42.2 Å². The molecule has 0 saturated heterocycles. The zero-order valence-electron chi connectivity index (χ0n) is 9.41. The van der Waals surface area contributed by atoms with E-state index >= 15 is 0 Å². The van der Waals surface area contributed by atoms with Gasteiger partial charge in [0.1, 0.15) is 18.2 Å². The van der Waals surface area contributed by atoms with E-state index in [1.54, 1.807) is 0 Å². The van der Waals surface area contributed by atoms with Crippen molar-refractivity contribution >= 4 is 11.8 Å². The van der Waals surface area contributed by atoms with Crippen molar-refractivity contribution in [3.05, 3.63) is 47.8 Å². The number of nitrogens with zero attached hydrogens (tertiary/aromatic N) is 4. The van der Waals surface area contributed by atoms with E-state index in [-0.39, 0.29) is 6.04 Å². The molecule has 0 amide bonds. The van der Waals surface area contributed by atoms with Crippen LogP contribution in [-0.4, -0.2) is 14.8 Å². The molecule has 0 aliphatic carbocycles. The first kappa shape index (κ1) is 10.4. The van der Waals surface area contributed by atoms with E-state index in [1.807, 2.05) is 30.3 Å². The highest BCUT2D eigenvalue weighted by atomic mass is 15.4. The van der Waals surface area contributed by atoms with Crippen molar-refractivity contribution in [2.75, 3.05) is 5.32 Å². The first-order valence-corrected chi connectivity index (χ1v) is 5.43. The molecule has 1 aliphatic heterocycles. The Morgan fingerprint density at radius 1 is 1.33 bits per heavy atom. The highest BCUT2D eigenvalue weighted by Gasteiger charge is 2.28. The molecule has 0 fully saturated rings. The largest absolute Gasteiger partial charge is 0.383 e. The second-order valence-corrected chi connectivity index (χ2v) is 3.89. The second-order valence-electron chi connectivity index (χ2n) is 3.89. The van der Waals surface area contributed by atoms with Crippen LogP contribution in [-0.2, 0) is 0 Å². The zero-order valence-corrected chi connectivity index (χ0v) is 9.41. The van der Waals surface area contributed by atoms with E-state index in [0.29, 0.717) is 17.3 Å². The van der Waals surface area contributed by atoms with Gasteiger partial charge in [-0.15, -0.1) is 0 Å². The lowest BCUT2D eigenvalue weighted by atomic mass is 9.98. The number of hydrogen-bond acceptors (Lipinski definition) is 5. The number of rotatable bonds is 1. The van der Waals surface area contributed by atoms with Crippen molar-refractivity contribution in [1.82, 2.24) is 14.8 Å². The minimum absolute atomic E-state index is 0.284. The van der Waals surface area contributed by atoms with Crippen molar-refractivity contribution in [2.24, 2.45) is 5.73 Å². The van der Waals surface area contributed by atoms with E-state index in [1.165, 1.54) is 11.0 Å². The van der Waals surface area contributed by atoms with E-state index in [9.17, 15) is 5.26 Å². The number of nitrogens with two attached hydrogens (primary N) is 1. The van der Waals surface area contributed by atoms with E-state index in [2.05, 4.69) is 21.5 Å². The maximum Gasteiger partial charge on any atom is 0.228 e. The van der Waals surface area contributed by atoms with Crippen molar-refractivity contribution in [2.45, 2.75) is 6.04 Å². The summed E-state index contributed by atoms with van der Waals surface area (Å²) in [5, 5.41) is 16.4. The fraction of sp³-hybridized carbons (Fsp3) is 0.0833. The second kappa shape index (κ2) is 3.89. The van der Waals surface area contributed by atoms with Gasteiger partial charge in [-0.2, -0.15) is 20.0 Å². The molecule has 0 spiro atoms. The fourth-order valence-electron chi connectivity index (χ4n) is 2.00. The summed E-state index contributed by atoms with van der Waals surface area (Å²) in [4.78, 5) is 4.07. The van der Waals surface area contributed by atoms with Crippen LogP contribution < -0.4 is 11.1 Å². The van der Waals surface area contributed by atoms with Gasteiger partial charge in [-0.05, 0) is 5.56 Å². The minimum Gasteiger partial charge on any atom is -0.383 e. The number of nitriles is 1. The Morgan fingerprint density at radius 2 is 2.11 bits per heavy atom. The number of hydrogen-bond donors (Lipinski definition) is 2. The fourth-order valence-corrected chi connectivity index (χ4v) is 2.00. The highest BCUT2D eigenvalue weighted by molar-refractivity contribution is 5.65. The van der Waals surface area contributed by atoms with Crippen molar-refractivity contribution in [3.63, 3.8) is 0 Å². The molecule has 6 heteroatoms. The molecule has 18 heavy (non-hydrogen) atoms. The molecule has 1 atom stereocenters. The molecule has 1 aromatic heterocycles. The molecule has 0 saturated carbocycles. The third-order valence-corrected chi connectivity index (χ3v) is 2.87. The van der Waals surface area contributed by atoms with Gasteiger partial charge in [0.25, 0.3) is 0 Å². The lowest BCUT2D eigenvalue weighted by Gasteiger charge is -2.25. The molecule has 1 aliphatic rings. The topological polar surface area (TPSA) is 92.5 Å². The Bertz CT molecular complexity index is 649. The molecule has 3 N–H and O–H groups in total. The van der Waals surface area contributed by atoms with Crippen molar-refractivity contribution in [1.29, 1.82) is 5.26 Å². The zero-order chi connectivity index (χ0) is 12.5. The van der Waals surface area contributed by atoms with Gasteiger partial charge in [-0.3, -0.25) is 0 Å². The lowest BCUT2D eigenvalue weighted by molar-refractivity contribution is 0.794. The molecule has 2 aromatic rings. The van der Waals surface area contributed by atoms with Gasteiger partial charge >= 0.3 is 0 Å². The predicted octanol–water partition coefficient (Wildman–Crippen LogP) is 1.10. The third kappa shape index (κ3) is 1.42. The van der Waals surface area contributed by atoms with Crippen LogP contribution in [0.2, 0.25) is 0 Å². The van der Waals surface area contributed by atoms with Crippen LogP contribution in [0.5, 0.6) is 0 Å². The summed E-state index contributed by atoms with van der Waals surface area (Å²) in [5.41, 5.74) is 7.36. The summed E-state index contributed by atoms with van der Waals surface area (Å²) in [6.45, 7) is 0. The number of fused-ring (bicyclic) bond motifs is 1. The molecular weight excluding hydrogens is 228 g/mol. The smallest absolute Gasteiger partial charge is 0.228 e. The molecular formula is C12H10N6. The monoisotopic (exact) mass is 238 g/mol. The third-order valence-electron chi connectivity index (χ3n) is 2.87. The first-order valence-electron chi connectivity index (χ1n) is 5.43. The Hall–Kier alpha value is -2.81. The van der Waals surface area contributed by atoms with E-state index < -0.39 is 0 Å². The molecule has 0 bridgehead atoms. The Morgan fingerprint density at radius 3 is 2.83 bits per heavy atom. The van der Waals surface area contributed by atoms with Crippen LogP contribution in [0, 0.1) is 11.3 Å². The average molecular weight is 238 g/mol. The van der Waals surface area contributed by atoms with Crippen molar-refractivity contribution in [3.8, 4) is 6.07 Å². The van der Waals surface area contributed by atoms with Crippen LogP contribution >= 0.6 is 0 Å². The first-order chi connectivity index (χ1) is 8.81. The maximum absolute atomic E-state index is 9.27. The van der Waals surface area contributed by atoms with E-state index in [4.69, 9.17) is 5.73 Å². The molecule has 88 valence electrons. The van der Waals surface area contributed by atoms with Crippen LogP contribution in [0.25, 0.3) is 5.82 Å². The van der Waals surface area contributed by atoms with Gasteiger partial charge in [0, 0.05) is 0 Å². The van der Waals surface area contributed by atoms with Crippen LogP contribution in [0.3, 0.4) is 0 Å². The lowest BCUT2D eigenvalue weighted by Crippen LogP contribution is -2.27. The summed E-state index contributed by atoms with van der Waals surface area (Å²) < 4.78 is 1.43. The summed E-state index contributed by atoms with van der Waals surface area (Å²) in [6.07, 6.45) is 1.40. The highest BCUT2D eigenvalue weighted by Crippen LogP contribution is 2.31. The predicted molar refractivity (Wildman–Crippen MR) is 65.8 cm³/mol. The molecule has 1 aromatic carbocycles. The minimum atomic E-state index is -0.284. The number of nitrogens with one attached hydrogen (secondary N) is 1. The number of aromatic nitrogens is 3. The van der Waals surface area contributed by atoms with Gasteiger partial charge in [0.15, 0.2) is 0 Å². The Kier molecular flexibility index (Phi) is 2.24. The van der Waals surface area contributed by atoms with Gasteiger partial charge in [0.2, 0.25) is 5.95 Å². The summed E-state index contributed by atoms with van der Waals surface area (Å²) in [6, 6.07) is 11.5. The van der Waals surface area contributed by atoms with E-state index in [0.717, 1.165) is 5.56 Å². The van der Waals surface area contributed by atoms with Gasteiger partial charge < -0.3 is 11.1 Å². The van der Waals surface area contributed by atoms with Gasteiger partial charge in [-0.1, -0.05) is 30.3 Å². The Balaban J connectivity index is 2.14.